The van der Waals surface area contributed by atoms with Crippen molar-refractivity contribution in [2.24, 2.45) is 0 Å². The van der Waals surface area contributed by atoms with E-state index in [9.17, 15) is 9.50 Å². The zero-order valence-corrected chi connectivity index (χ0v) is 15.2. The largest absolute Gasteiger partial charge is 0.496 e. The first-order valence-corrected chi connectivity index (χ1v) is 9.05. The van der Waals surface area contributed by atoms with Crippen molar-refractivity contribution in [1.82, 2.24) is 14.8 Å². The molecule has 1 aromatic heterocycles. The van der Waals surface area contributed by atoms with Crippen LogP contribution in [-0.2, 0) is 18.4 Å². The van der Waals surface area contributed by atoms with Gasteiger partial charge in [0.1, 0.15) is 17.4 Å². The smallest absolute Gasteiger partial charge is 0.155 e. The summed E-state index contributed by atoms with van der Waals surface area (Å²) in [4.78, 5) is 4.76. The second kappa shape index (κ2) is 7.12. The number of aliphatic hydroxyl groups excluding tert-OH is 1. The van der Waals surface area contributed by atoms with Gasteiger partial charge in [0.15, 0.2) is 5.82 Å². The number of benzene rings is 2. The second-order valence-electron chi connectivity index (χ2n) is 7.06. The van der Waals surface area contributed by atoms with Gasteiger partial charge >= 0.3 is 0 Å². The molecule has 1 N–H and O–H groups in total. The lowest BCUT2D eigenvalue weighted by Crippen LogP contribution is -2.20. The van der Waals surface area contributed by atoms with Gasteiger partial charge in [0.2, 0.25) is 0 Å². The molecule has 1 aliphatic carbocycles. The van der Waals surface area contributed by atoms with E-state index in [0.29, 0.717) is 18.8 Å². The van der Waals surface area contributed by atoms with E-state index in [1.54, 1.807) is 19.2 Å². The molecule has 5 nitrogen and oxygen atoms in total. The van der Waals surface area contributed by atoms with Crippen molar-refractivity contribution in [3.05, 3.63) is 77.1 Å². The maximum absolute atomic E-state index is 13.2. The molecule has 2 aromatic carbocycles. The Hall–Kier alpha value is -2.73. The minimum atomic E-state index is -0.300. The average Bonchev–Trinajstić information content (AvgIpc) is 3.39. The first-order chi connectivity index (χ1) is 13.1. The summed E-state index contributed by atoms with van der Waals surface area (Å²) in [6.07, 6.45) is 2.36. The van der Waals surface area contributed by atoms with E-state index in [4.69, 9.17) is 14.8 Å². The number of rotatable bonds is 7. The molecule has 140 valence electrons. The van der Waals surface area contributed by atoms with E-state index in [1.807, 2.05) is 28.9 Å². The zero-order chi connectivity index (χ0) is 18.9. The molecule has 4 rings (SSSR count). The molecule has 1 fully saturated rings. The van der Waals surface area contributed by atoms with Gasteiger partial charge in [-0.05, 0) is 36.6 Å². The molecule has 1 aliphatic rings. The van der Waals surface area contributed by atoms with Crippen LogP contribution in [0.1, 0.15) is 35.6 Å². The first-order valence-electron chi connectivity index (χ1n) is 9.05. The molecule has 0 radical (unpaired) electrons. The Morgan fingerprint density at radius 3 is 2.56 bits per heavy atom. The monoisotopic (exact) mass is 367 g/mol. The SMILES string of the molecule is COc1ccccc1Cc1nc(C2(CO)CC2)n(Cc2ccc(F)cc2)n1. The lowest BCUT2D eigenvalue weighted by Gasteiger charge is -2.12. The van der Waals surface area contributed by atoms with Crippen LogP contribution in [0.15, 0.2) is 48.5 Å². The molecule has 0 aliphatic heterocycles. The Morgan fingerprint density at radius 1 is 1.15 bits per heavy atom. The van der Waals surface area contributed by atoms with Crippen molar-refractivity contribution < 1.29 is 14.2 Å². The molecule has 1 saturated carbocycles. The lowest BCUT2D eigenvalue weighted by molar-refractivity contribution is 0.246. The van der Waals surface area contributed by atoms with Crippen LogP contribution in [0.4, 0.5) is 4.39 Å². The third-order valence-electron chi connectivity index (χ3n) is 5.13. The van der Waals surface area contributed by atoms with Crippen LogP contribution in [0.2, 0.25) is 0 Å². The maximum Gasteiger partial charge on any atom is 0.155 e. The van der Waals surface area contributed by atoms with Crippen LogP contribution in [0.25, 0.3) is 0 Å². The van der Waals surface area contributed by atoms with E-state index >= 15 is 0 Å². The summed E-state index contributed by atoms with van der Waals surface area (Å²) in [5.41, 5.74) is 1.66. The van der Waals surface area contributed by atoms with Gasteiger partial charge in [-0.25, -0.2) is 14.1 Å². The Morgan fingerprint density at radius 2 is 1.89 bits per heavy atom. The number of ether oxygens (including phenoxy) is 1. The summed E-state index contributed by atoms with van der Waals surface area (Å²) in [6.45, 7) is 0.555. The molecule has 1 heterocycles. The van der Waals surface area contributed by atoms with Gasteiger partial charge in [0.25, 0.3) is 0 Å². The Bertz CT molecular complexity index is 933. The highest BCUT2D eigenvalue weighted by Crippen LogP contribution is 2.47. The van der Waals surface area contributed by atoms with Crippen LogP contribution in [0.5, 0.6) is 5.75 Å². The van der Waals surface area contributed by atoms with E-state index in [-0.39, 0.29) is 17.8 Å². The van der Waals surface area contributed by atoms with E-state index in [2.05, 4.69) is 0 Å². The summed E-state index contributed by atoms with van der Waals surface area (Å²) in [5, 5.41) is 14.6. The number of methoxy groups -OCH3 is 1. The van der Waals surface area contributed by atoms with Crippen molar-refractivity contribution >= 4 is 0 Å². The Balaban J connectivity index is 1.66. The highest BCUT2D eigenvalue weighted by molar-refractivity contribution is 5.35. The van der Waals surface area contributed by atoms with Gasteiger partial charge in [-0.15, -0.1) is 0 Å². The number of hydrogen-bond acceptors (Lipinski definition) is 4. The molecular formula is C21H22FN3O2. The fourth-order valence-electron chi connectivity index (χ4n) is 3.35. The van der Waals surface area contributed by atoms with Crippen molar-refractivity contribution in [3.63, 3.8) is 0 Å². The Kier molecular flexibility index (Phi) is 4.66. The van der Waals surface area contributed by atoms with E-state index in [0.717, 1.165) is 35.5 Å². The summed E-state index contributed by atoms with van der Waals surface area (Å²) in [7, 11) is 1.65. The predicted molar refractivity (Wildman–Crippen MR) is 99.3 cm³/mol. The number of hydrogen-bond donors (Lipinski definition) is 1. The zero-order valence-electron chi connectivity index (χ0n) is 15.2. The summed E-state index contributed by atoms with van der Waals surface area (Å²) >= 11 is 0. The van der Waals surface area contributed by atoms with Gasteiger partial charge in [0, 0.05) is 12.0 Å². The average molecular weight is 367 g/mol. The van der Waals surface area contributed by atoms with Crippen molar-refractivity contribution in [1.29, 1.82) is 0 Å². The van der Waals surface area contributed by atoms with Crippen LogP contribution in [-0.4, -0.2) is 33.6 Å². The number of nitrogens with zero attached hydrogens (tertiary/aromatic N) is 3. The van der Waals surface area contributed by atoms with Gasteiger partial charge < -0.3 is 9.84 Å². The highest BCUT2D eigenvalue weighted by Gasteiger charge is 2.48. The molecule has 0 atom stereocenters. The van der Waals surface area contributed by atoms with Crippen molar-refractivity contribution in [2.75, 3.05) is 13.7 Å². The van der Waals surface area contributed by atoms with Gasteiger partial charge in [-0.3, -0.25) is 0 Å². The quantitative estimate of drug-likeness (QED) is 0.697. The number of aromatic nitrogens is 3. The van der Waals surface area contributed by atoms with Crippen molar-refractivity contribution in [3.8, 4) is 5.75 Å². The lowest BCUT2D eigenvalue weighted by atomic mass is 10.1. The number of para-hydroxylation sites is 1. The van der Waals surface area contributed by atoms with Crippen LogP contribution in [0.3, 0.4) is 0 Å². The summed E-state index contributed by atoms with van der Waals surface area (Å²) in [6, 6.07) is 14.2. The third-order valence-corrected chi connectivity index (χ3v) is 5.13. The Labute approximate surface area is 157 Å². The fraction of sp³-hybridized carbons (Fsp3) is 0.333. The second-order valence-corrected chi connectivity index (χ2v) is 7.06. The molecule has 6 heteroatoms. The first kappa shape index (κ1) is 17.7. The number of halogens is 1. The molecular weight excluding hydrogens is 345 g/mol. The summed E-state index contributed by atoms with van der Waals surface area (Å²) in [5.74, 6) is 2.04. The molecule has 0 bridgehead atoms. The van der Waals surface area contributed by atoms with Gasteiger partial charge in [-0.2, -0.15) is 5.10 Å². The van der Waals surface area contributed by atoms with E-state index in [1.165, 1.54) is 12.1 Å². The molecule has 0 spiro atoms. The van der Waals surface area contributed by atoms with E-state index < -0.39 is 0 Å². The number of aliphatic hydroxyl groups is 1. The normalized spacial score (nSPS) is 14.9. The van der Waals surface area contributed by atoms with Crippen LogP contribution in [0, 0.1) is 5.82 Å². The minimum Gasteiger partial charge on any atom is -0.496 e. The standard InChI is InChI=1S/C21H22FN3O2/c1-27-18-5-3-2-4-16(18)12-19-23-20(21(14-26)10-11-21)25(24-19)13-15-6-8-17(22)9-7-15/h2-9,26H,10-14H2,1H3. The molecule has 3 aromatic rings. The maximum atomic E-state index is 13.2. The molecule has 27 heavy (non-hydrogen) atoms. The topological polar surface area (TPSA) is 60.2 Å². The predicted octanol–water partition coefficient (Wildman–Crippen LogP) is 3.09. The third kappa shape index (κ3) is 3.57. The van der Waals surface area contributed by atoms with Gasteiger partial charge in [0.05, 0.1) is 25.7 Å². The summed E-state index contributed by atoms with van der Waals surface area (Å²) < 4.78 is 20.5. The van der Waals surface area contributed by atoms with Crippen molar-refractivity contribution in [2.45, 2.75) is 31.2 Å². The fourth-order valence-corrected chi connectivity index (χ4v) is 3.35. The minimum absolute atomic E-state index is 0.0587. The molecule has 0 saturated heterocycles. The van der Waals surface area contributed by atoms with Crippen LogP contribution < -0.4 is 4.74 Å². The van der Waals surface area contributed by atoms with Gasteiger partial charge in [-0.1, -0.05) is 30.3 Å². The highest BCUT2D eigenvalue weighted by atomic mass is 19.1. The molecule has 0 amide bonds. The van der Waals surface area contributed by atoms with Crippen LogP contribution >= 0.6 is 0 Å². The molecule has 0 unspecified atom stereocenters.